The smallest absolute Gasteiger partial charge is 0.271 e. The van der Waals surface area contributed by atoms with Gasteiger partial charge in [0.05, 0.1) is 6.54 Å². The van der Waals surface area contributed by atoms with Crippen LogP contribution in [0.5, 0.6) is 0 Å². The van der Waals surface area contributed by atoms with E-state index >= 15 is 0 Å². The summed E-state index contributed by atoms with van der Waals surface area (Å²) in [5.41, 5.74) is 3.83. The molecule has 1 unspecified atom stereocenters. The molecule has 0 spiro atoms. The molecule has 0 fully saturated rings. The fraction of sp³-hybridized carbons (Fsp3) is 0.217. The molecule has 0 aliphatic carbocycles. The molecule has 0 radical (unpaired) electrons. The van der Waals surface area contributed by atoms with E-state index in [4.69, 9.17) is 0 Å². The minimum atomic E-state index is -0.544. The summed E-state index contributed by atoms with van der Waals surface area (Å²) < 4.78 is 1.86. The van der Waals surface area contributed by atoms with Crippen molar-refractivity contribution in [3.05, 3.63) is 95.3 Å². The Morgan fingerprint density at radius 3 is 2.61 bits per heavy atom. The first-order valence-corrected chi connectivity index (χ1v) is 9.45. The average Bonchev–Trinajstić information content (AvgIpc) is 3.18. The molecule has 142 valence electrons. The van der Waals surface area contributed by atoms with Gasteiger partial charge in [0.2, 0.25) is 5.91 Å². The number of amides is 2. The fourth-order valence-electron chi connectivity index (χ4n) is 3.66. The van der Waals surface area contributed by atoms with Crippen LogP contribution in [-0.2, 0) is 24.4 Å². The monoisotopic (exact) mass is 373 g/mol. The minimum absolute atomic E-state index is 0.115. The molecule has 3 aromatic rings. The maximum absolute atomic E-state index is 13.0. The van der Waals surface area contributed by atoms with Crippen molar-refractivity contribution in [2.75, 3.05) is 0 Å². The standard InChI is InChI=1S/C23H23N3O2/c1-17-7-5-10-19(13-17)14-24-22(27)21-16-25-12-6-11-20(25)23(28)26(21)15-18-8-3-2-4-9-18/h2-13,21H,14-16H2,1H3,(H,24,27). The molecule has 1 aromatic heterocycles. The Kier molecular flexibility index (Phi) is 4.98. The Bertz CT molecular complexity index is 994. The summed E-state index contributed by atoms with van der Waals surface area (Å²) in [5.74, 6) is -0.249. The van der Waals surface area contributed by atoms with Crippen LogP contribution in [0.3, 0.4) is 0 Å². The molecule has 1 atom stereocenters. The van der Waals surface area contributed by atoms with Crippen molar-refractivity contribution in [2.24, 2.45) is 0 Å². The predicted molar refractivity (Wildman–Crippen MR) is 108 cm³/mol. The highest BCUT2D eigenvalue weighted by Crippen LogP contribution is 2.21. The first kappa shape index (κ1) is 18.0. The number of carbonyl (C=O) groups excluding carboxylic acids is 2. The summed E-state index contributed by atoms with van der Waals surface area (Å²) in [6.45, 7) is 3.34. The molecule has 0 bridgehead atoms. The zero-order valence-corrected chi connectivity index (χ0v) is 15.8. The second-order valence-corrected chi connectivity index (χ2v) is 7.19. The summed E-state index contributed by atoms with van der Waals surface area (Å²) in [4.78, 5) is 27.7. The molecule has 2 heterocycles. The van der Waals surface area contributed by atoms with Gasteiger partial charge in [-0.25, -0.2) is 0 Å². The van der Waals surface area contributed by atoms with Crippen LogP contribution in [0.15, 0.2) is 72.9 Å². The van der Waals surface area contributed by atoms with Gasteiger partial charge in [0.25, 0.3) is 5.91 Å². The van der Waals surface area contributed by atoms with Crippen molar-refractivity contribution < 1.29 is 9.59 Å². The van der Waals surface area contributed by atoms with Gasteiger partial charge in [-0.05, 0) is 30.2 Å². The van der Waals surface area contributed by atoms with Crippen LogP contribution < -0.4 is 5.32 Å². The van der Waals surface area contributed by atoms with E-state index in [2.05, 4.69) is 11.4 Å². The zero-order chi connectivity index (χ0) is 19.5. The third-order valence-corrected chi connectivity index (χ3v) is 5.10. The van der Waals surface area contributed by atoms with Crippen molar-refractivity contribution in [1.29, 1.82) is 0 Å². The van der Waals surface area contributed by atoms with E-state index in [0.717, 1.165) is 16.7 Å². The van der Waals surface area contributed by atoms with Crippen molar-refractivity contribution in [3.63, 3.8) is 0 Å². The molecule has 4 rings (SSSR count). The van der Waals surface area contributed by atoms with E-state index in [1.807, 2.05) is 72.3 Å². The summed E-state index contributed by atoms with van der Waals surface area (Å²) in [6.07, 6.45) is 1.86. The van der Waals surface area contributed by atoms with Crippen molar-refractivity contribution in [2.45, 2.75) is 32.6 Å². The van der Waals surface area contributed by atoms with Crippen LogP contribution in [-0.4, -0.2) is 27.3 Å². The Morgan fingerprint density at radius 2 is 1.82 bits per heavy atom. The third kappa shape index (κ3) is 3.69. The van der Waals surface area contributed by atoms with Gasteiger partial charge >= 0.3 is 0 Å². The summed E-state index contributed by atoms with van der Waals surface area (Å²) in [7, 11) is 0. The number of aryl methyl sites for hydroxylation is 1. The van der Waals surface area contributed by atoms with E-state index in [1.165, 1.54) is 0 Å². The first-order valence-electron chi connectivity index (χ1n) is 9.45. The zero-order valence-electron chi connectivity index (χ0n) is 15.8. The molecule has 1 aliphatic rings. The molecule has 2 aromatic carbocycles. The van der Waals surface area contributed by atoms with Gasteiger partial charge in [0, 0.05) is 19.3 Å². The highest BCUT2D eigenvalue weighted by molar-refractivity contribution is 5.97. The lowest BCUT2D eigenvalue weighted by molar-refractivity contribution is -0.126. The molecular formula is C23H23N3O2. The number of carbonyl (C=O) groups is 2. The van der Waals surface area contributed by atoms with Crippen LogP contribution in [0.25, 0.3) is 0 Å². The lowest BCUT2D eigenvalue weighted by Gasteiger charge is -2.35. The van der Waals surface area contributed by atoms with E-state index < -0.39 is 6.04 Å². The van der Waals surface area contributed by atoms with Crippen LogP contribution in [0.1, 0.15) is 27.2 Å². The lowest BCUT2D eigenvalue weighted by Crippen LogP contribution is -2.54. The first-order chi connectivity index (χ1) is 13.6. The van der Waals surface area contributed by atoms with Crippen LogP contribution >= 0.6 is 0 Å². The molecule has 0 saturated heterocycles. The Hall–Kier alpha value is -3.34. The second-order valence-electron chi connectivity index (χ2n) is 7.19. The van der Waals surface area contributed by atoms with Gasteiger partial charge in [-0.15, -0.1) is 0 Å². The van der Waals surface area contributed by atoms with Crippen LogP contribution in [0, 0.1) is 6.92 Å². The van der Waals surface area contributed by atoms with Crippen LogP contribution in [0.4, 0.5) is 0 Å². The second kappa shape index (κ2) is 7.72. The number of benzene rings is 2. The van der Waals surface area contributed by atoms with Crippen LogP contribution in [0.2, 0.25) is 0 Å². The molecule has 1 N–H and O–H groups in total. The highest BCUT2D eigenvalue weighted by Gasteiger charge is 2.36. The highest BCUT2D eigenvalue weighted by atomic mass is 16.2. The molecule has 5 nitrogen and oxygen atoms in total. The van der Waals surface area contributed by atoms with E-state index in [-0.39, 0.29) is 11.8 Å². The molecule has 28 heavy (non-hydrogen) atoms. The molecule has 5 heteroatoms. The number of hydrogen-bond donors (Lipinski definition) is 1. The lowest BCUT2D eigenvalue weighted by atomic mass is 10.1. The topological polar surface area (TPSA) is 54.3 Å². The summed E-state index contributed by atoms with van der Waals surface area (Å²) in [6, 6.07) is 20.9. The summed E-state index contributed by atoms with van der Waals surface area (Å²) in [5, 5.41) is 3.01. The number of nitrogens with zero attached hydrogens (tertiary/aromatic N) is 2. The van der Waals surface area contributed by atoms with Gasteiger partial charge in [0.15, 0.2) is 0 Å². The number of nitrogens with one attached hydrogen (secondary N) is 1. The predicted octanol–water partition coefficient (Wildman–Crippen LogP) is 3.14. The molecule has 0 saturated carbocycles. The van der Waals surface area contributed by atoms with Gasteiger partial charge in [-0.1, -0.05) is 60.2 Å². The normalized spacial score (nSPS) is 16.0. The largest absolute Gasteiger partial charge is 0.350 e. The number of aromatic nitrogens is 1. The minimum Gasteiger partial charge on any atom is -0.350 e. The fourth-order valence-corrected chi connectivity index (χ4v) is 3.66. The molecule has 1 aliphatic heterocycles. The Morgan fingerprint density at radius 1 is 1.04 bits per heavy atom. The third-order valence-electron chi connectivity index (χ3n) is 5.10. The van der Waals surface area contributed by atoms with E-state index in [1.54, 1.807) is 11.0 Å². The summed E-state index contributed by atoms with van der Waals surface area (Å²) >= 11 is 0. The van der Waals surface area contributed by atoms with E-state index in [9.17, 15) is 9.59 Å². The number of rotatable bonds is 5. The van der Waals surface area contributed by atoms with Gasteiger partial charge in [-0.3, -0.25) is 9.59 Å². The SMILES string of the molecule is Cc1cccc(CNC(=O)C2Cn3cccc3C(=O)N2Cc2ccccc2)c1. The van der Waals surface area contributed by atoms with Gasteiger partial charge in [-0.2, -0.15) is 0 Å². The quantitative estimate of drug-likeness (QED) is 0.747. The molecular weight excluding hydrogens is 350 g/mol. The Balaban J connectivity index is 1.55. The average molecular weight is 373 g/mol. The molecule has 2 amide bonds. The van der Waals surface area contributed by atoms with E-state index in [0.29, 0.717) is 25.3 Å². The maximum atomic E-state index is 13.0. The Labute approximate surface area is 164 Å². The van der Waals surface area contributed by atoms with Crippen molar-refractivity contribution in [1.82, 2.24) is 14.8 Å². The van der Waals surface area contributed by atoms with Crippen molar-refractivity contribution >= 4 is 11.8 Å². The van der Waals surface area contributed by atoms with Crippen molar-refractivity contribution in [3.8, 4) is 0 Å². The van der Waals surface area contributed by atoms with Gasteiger partial charge in [0.1, 0.15) is 11.7 Å². The number of fused-ring (bicyclic) bond motifs is 1. The number of hydrogen-bond acceptors (Lipinski definition) is 2. The van der Waals surface area contributed by atoms with Gasteiger partial charge < -0.3 is 14.8 Å². The maximum Gasteiger partial charge on any atom is 0.271 e.